The molecule has 0 bridgehead atoms. The van der Waals surface area contributed by atoms with E-state index in [1.165, 1.54) is 18.4 Å². The molecule has 116 valence electrons. The highest BCUT2D eigenvalue weighted by atomic mass is 127. The highest BCUT2D eigenvalue weighted by molar-refractivity contribution is 14.0. The van der Waals surface area contributed by atoms with Crippen LogP contribution >= 0.6 is 24.0 Å². The Morgan fingerprint density at radius 2 is 2.05 bits per heavy atom. The first kappa shape index (κ1) is 19.2. The molecule has 0 atom stereocenters. The number of guanidine groups is 1. The molecule has 1 rings (SSSR count). The molecule has 1 heterocycles. The number of aliphatic imine (C=N–C) groups is 1. The van der Waals surface area contributed by atoms with Gasteiger partial charge in [-0.15, -0.1) is 24.0 Å². The number of nitrogens with zero attached hydrogens (tertiary/aromatic N) is 3. The van der Waals surface area contributed by atoms with Gasteiger partial charge in [0, 0.05) is 26.3 Å². The topological polar surface area (TPSA) is 54.2 Å². The molecule has 0 saturated heterocycles. The van der Waals surface area contributed by atoms with Crippen molar-refractivity contribution in [1.29, 1.82) is 0 Å². The number of hydrogen-bond donors (Lipinski definition) is 2. The third-order valence-electron chi connectivity index (χ3n) is 2.87. The van der Waals surface area contributed by atoms with Gasteiger partial charge in [0.25, 0.3) is 0 Å². The molecular weight excluding hydrogens is 365 g/mol. The van der Waals surface area contributed by atoms with Crippen LogP contribution in [0, 0.1) is 12.8 Å². The second-order valence-electron chi connectivity index (χ2n) is 5.24. The summed E-state index contributed by atoms with van der Waals surface area (Å²) in [6.45, 7) is 9.19. The van der Waals surface area contributed by atoms with E-state index in [1.54, 1.807) is 7.05 Å². The normalized spacial score (nSPS) is 11.3. The highest BCUT2D eigenvalue weighted by Gasteiger charge is 1.99. The molecule has 0 amide bonds. The molecule has 0 aliphatic carbocycles. The predicted molar refractivity (Wildman–Crippen MR) is 95.8 cm³/mol. The third kappa shape index (κ3) is 8.39. The Kier molecular flexibility index (Phi) is 10.5. The smallest absolute Gasteiger partial charge is 0.191 e. The van der Waals surface area contributed by atoms with E-state index >= 15 is 0 Å². The fourth-order valence-corrected chi connectivity index (χ4v) is 1.82. The summed E-state index contributed by atoms with van der Waals surface area (Å²) in [5, 5.41) is 10.9. The zero-order valence-corrected chi connectivity index (χ0v) is 15.3. The average molecular weight is 393 g/mol. The van der Waals surface area contributed by atoms with Crippen LogP contribution in [0.2, 0.25) is 0 Å². The van der Waals surface area contributed by atoms with Gasteiger partial charge >= 0.3 is 0 Å². The molecule has 2 N–H and O–H groups in total. The van der Waals surface area contributed by atoms with Crippen LogP contribution in [0.1, 0.15) is 32.3 Å². The van der Waals surface area contributed by atoms with Crippen LogP contribution in [-0.4, -0.2) is 35.9 Å². The first-order chi connectivity index (χ1) is 9.11. The van der Waals surface area contributed by atoms with Crippen LogP contribution < -0.4 is 10.6 Å². The molecule has 5 nitrogen and oxygen atoms in total. The van der Waals surface area contributed by atoms with Crippen molar-refractivity contribution in [1.82, 2.24) is 20.4 Å². The van der Waals surface area contributed by atoms with Gasteiger partial charge < -0.3 is 10.6 Å². The van der Waals surface area contributed by atoms with E-state index in [4.69, 9.17) is 0 Å². The lowest BCUT2D eigenvalue weighted by molar-refractivity contribution is 0.547. The molecule has 20 heavy (non-hydrogen) atoms. The maximum absolute atomic E-state index is 4.25. The van der Waals surface area contributed by atoms with Crippen LogP contribution in [0.25, 0.3) is 0 Å². The third-order valence-corrected chi connectivity index (χ3v) is 2.87. The van der Waals surface area contributed by atoms with E-state index in [0.717, 1.165) is 31.5 Å². The van der Waals surface area contributed by atoms with Gasteiger partial charge in [-0.3, -0.25) is 9.67 Å². The number of aromatic nitrogens is 2. The number of halogens is 1. The van der Waals surface area contributed by atoms with Crippen LogP contribution in [0.4, 0.5) is 0 Å². The molecule has 0 aliphatic heterocycles. The van der Waals surface area contributed by atoms with Gasteiger partial charge in [0.05, 0.1) is 12.7 Å². The summed E-state index contributed by atoms with van der Waals surface area (Å²) in [7, 11) is 1.80. The Hall–Kier alpha value is -0.790. The Balaban J connectivity index is 0.00000361. The van der Waals surface area contributed by atoms with Gasteiger partial charge in [-0.25, -0.2) is 0 Å². The number of aryl methyl sites for hydroxylation is 1. The summed E-state index contributed by atoms with van der Waals surface area (Å²) < 4.78 is 1.94. The first-order valence-electron chi connectivity index (χ1n) is 7.05. The number of hydrogen-bond acceptors (Lipinski definition) is 2. The minimum absolute atomic E-state index is 0. The van der Waals surface area contributed by atoms with Gasteiger partial charge in [0.1, 0.15) is 0 Å². The van der Waals surface area contributed by atoms with Crippen molar-refractivity contribution in [3.63, 3.8) is 0 Å². The summed E-state index contributed by atoms with van der Waals surface area (Å²) in [6.07, 6.45) is 6.34. The molecule has 0 unspecified atom stereocenters. The number of rotatable bonds is 7. The molecule has 1 aromatic heterocycles. The minimum atomic E-state index is 0. The standard InChI is InChI=1S/C14H27N5.HI/c1-12(2)6-5-7-16-14(15-4)17-8-9-19-11-13(3)10-18-19;/h10-12H,5-9H2,1-4H3,(H2,15,16,17);1H. The monoisotopic (exact) mass is 393 g/mol. The largest absolute Gasteiger partial charge is 0.356 e. The molecule has 0 radical (unpaired) electrons. The van der Waals surface area contributed by atoms with Gasteiger partial charge in [0.15, 0.2) is 5.96 Å². The van der Waals surface area contributed by atoms with E-state index < -0.39 is 0 Å². The van der Waals surface area contributed by atoms with Crippen molar-refractivity contribution in [2.24, 2.45) is 10.9 Å². The second-order valence-corrected chi connectivity index (χ2v) is 5.24. The maximum atomic E-state index is 4.25. The summed E-state index contributed by atoms with van der Waals surface area (Å²) in [5.41, 5.74) is 1.19. The van der Waals surface area contributed by atoms with Gasteiger partial charge in [-0.05, 0) is 31.2 Å². The SMILES string of the molecule is CN=C(NCCCC(C)C)NCCn1cc(C)cn1.I. The van der Waals surface area contributed by atoms with E-state index in [9.17, 15) is 0 Å². The van der Waals surface area contributed by atoms with Gasteiger partial charge in [-0.2, -0.15) is 5.10 Å². The van der Waals surface area contributed by atoms with Crippen LogP contribution in [0.15, 0.2) is 17.4 Å². The fraction of sp³-hybridized carbons (Fsp3) is 0.714. The lowest BCUT2D eigenvalue weighted by atomic mass is 10.1. The van der Waals surface area contributed by atoms with Crippen molar-refractivity contribution in [2.45, 2.75) is 40.2 Å². The zero-order valence-electron chi connectivity index (χ0n) is 13.0. The molecule has 0 aromatic carbocycles. The second kappa shape index (κ2) is 10.9. The van der Waals surface area contributed by atoms with Crippen molar-refractivity contribution in [3.8, 4) is 0 Å². The van der Waals surface area contributed by atoms with E-state index in [2.05, 4.69) is 34.6 Å². The summed E-state index contributed by atoms with van der Waals surface area (Å²) in [5.74, 6) is 1.63. The van der Waals surface area contributed by atoms with E-state index in [-0.39, 0.29) is 24.0 Å². The summed E-state index contributed by atoms with van der Waals surface area (Å²) in [4.78, 5) is 4.21. The number of nitrogens with one attached hydrogen (secondary N) is 2. The van der Waals surface area contributed by atoms with Crippen LogP contribution in [-0.2, 0) is 6.54 Å². The molecule has 0 fully saturated rings. The van der Waals surface area contributed by atoms with E-state index in [0.29, 0.717) is 0 Å². The quantitative estimate of drug-likeness (QED) is 0.324. The van der Waals surface area contributed by atoms with Crippen molar-refractivity contribution in [3.05, 3.63) is 18.0 Å². The molecule has 0 aliphatic rings. The molecule has 0 saturated carbocycles. The predicted octanol–water partition coefficient (Wildman–Crippen LogP) is 2.41. The maximum Gasteiger partial charge on any atom is 0.191 e. The zero-order chi connectivity index (χ0) is 14.1. The van der Waals surface area contributed by atoms with Gasteiger partial charge in [0.2, 0.25) is 0 Å². The van der Waals surface area contributed by atoms with E-state index in [1.807, 2.05) is 24.0 Å². The Morgan fingerprint density at radius 1 is 1.35 bits per heavy atom. The fourth-order valence-electron chi connectivity index (χ4n) is 1.82. The van der Waals surface area contributed by atoms with Crippen molar-refractivity contribution in [2.75, 3.05) is 20.1 Å². The molecule has 1 aromatic rings. The van der Waals surface area contributed by atoms with Crippen LogP contribution in [0.3, 0.4) is 0 Å². The Bertz CT molecular complexity index is 387. The lowest BCUT2D eigenvalue weighted by Crippen LogP contribution is -2.39. The first-order valence-corrected chi connectivity index (χ1v) is 7.05. The van der Waals surface area contributed by atoms with Crippen LogP contribution in [0.5, 0.6) is 0 Å². The Morgan fingerprint density at radius 3 is 2.60 bits per heavy atom. The van der Waals surface area contributed by atoms with Gasteiger partial charge in [-0.1, -0.05) is 13.8 Å². The average Bonchev–Trinajstić information content (AvgIpc) is 2.78. The van der Waals surface area contributed by atoms with Crippen molar-refractivity contribution < 1.29 is 0 Å². The molecular formula is C14H28IN5. The Labute approximate surface area is 139 Å². The lowest BCUT2D eigenvalue weighted by Gasteiger charge is -2.12. The summed E-state index contributed by atoms with van der Waals surface area (Å²) >= 11 is 0. The van der Waals surface area contributed by atoms with Crippen molar-refractivity contribution >= 4 is 29.9 Å². The summed E-state index contributed by atoms with van der Waals surface area (Å²) in [6, 6.07) is 0. The minimum Gasteiger partial charge on any atom is -0.356 e. The molecule has 6 heteroatoms. The molecule has 0 spiro atoms. The highest BCUT2D eigenvalue weighted by Crippen LogP contribution is 2.01.